The van der Waals surface area contributed by atoms with Gasteiger partial charge in [0.2, 0.25) is 0 Å². The van der Waals surface area contributed by atoms with Gasteiger partial charge in [0, 0.05) is 0 Å². The van der Waals surface area contributed by atoms with Crippen LogP contribution in [0.4, 0.5) is 5.69 Å². The highest BCUT2D eigenvalue weighted by molar-refractivity contribution is 8.18. The van der Waals surface area contributed by atoms with Crippen LogP contribution in [0.15, 0.2) is 52.4 Å². The number of hydrogen-bond acceptors (Lipinski definition) is 8. The fourth-order valence-electron chi connectivity index (χ4n) is 2.73. The topological polar surface area (TPSA) is 95.5 Å². The zero-order valence-electron chi connectivity index (χ0n) is 18.2. The van der Waals surface area contributed by atoms with E-state index < -0.39 is 5.97 Å². The normalized spacial score (nSPS) is 15.7. The van der Waals surface area contributed by atoms with Gasteiger partial charge in [-0.2, -0.15) is 0 Å². The van der Waals surface area contributed by atoms with E-state index >= 15 is 0 Å². The van der Waals surface area contributed by atoms with Crippen molar-refractivity contribution in [2.75, 3.05) is 20.8 Å². The number of nitrogens with one attached hydrogen (secondary N) is 1. The Morgan fingerprint density at radius 3 is 2.50 bits per heavy atom. The molecule has 168 valence electrons. The first-order valence-corrected chi connectivity index (χ1v) is 10.6. The zero-order chi connectivity index (χ0) is 23.1. The van der Waals surface area contributed by atoms with E-state index in [4.69, 9.17) is 18.9 Å². The molecule has 0 aromatic heterocycles. The summed E-state index contributed by atoms with van der Waals surface area (Å²) in [5.41, 5.74) is 1.44. The Morgan fingerprint density at radius 2 is 1.84 bits per heavy atom. The van der Waals surface area contributed by atoms with Gasteiger partial charge in [-0.1, -0.05) is 6.07 Å². The third-order valence-electron chi connectivity index (χ3n) is 4.15. The van der Waals surface area contributed by atoms with E-state index in [1.165, 1.54) is 18.9 Å². The Labute approximate surface area is 190 Å². The molecule has 0 aliphatic carbocycles. The van der Waals surface area contributed by atoms with E-state index in [9.17, 15) is 9.59 Å². The molecule has 0 radical (unpaired) electrons. The van der Waals surface area contributed by atoms with Crippen LogP contribution in [0, 0.1) is 0 Å². The smallest absolute Gasteiger partial charge is 0.344 e. The van der Waals surface area contributed by atoms with Gasteiger partial charge in [-0.05, 0) is 73.6 Å². The highest BCUT2D eigenvalue weighted by Crippen LogP contribution is 2.32. The lowest BCUT2D eigenvalue weighted by Crippen LogP contribution is -2.19. The molecular weight excluding hydrogens is 432 g/mol. The van der Waals surface area contributed by atoms with Crippen LogP contribution in [0.1, 0.15) is 19.4 Å². The van der Waals surface area contributed by atoms with E-state index in [0.717, 1.165) is 11.3 Å². The molecule has 1 fully saturated rings. The number of carbonyl (C=O) groups excluding carboxylic acids is 2. The van der Waals surface area contributed by atoms with E-state index in [0.29, 0.717) is 27.3 Å². The van der Waals surface area contributed by atoms with Crippen molar-refractivity contribution in [2.45, 2.75) is 20.0 Å². The van der Waals surface area contributed by atoms with Crippen molar-refractivity contribution in [1.82, 2.24) is 5.32 Å². The third-order valence-corrected chi connectivity index (χ3v) is 5.06. The number of esters is 1. The van der Waals surface area contributed by atoms with E-state index in [1.54, 1.807) is 69.5 Å². The van der Waals surface area contributed by atoms with Gasteiger partial charge in [-0.25, -0.2) is 9.79 Å². The maximum Gasteiger partial charge on any atom is 0.344 e. The molecule has 1 aliphatic rings. The number of thioether (sulfide) groups is 1. The van der Waals surface area contributed by atoms with Crippen LogP contribution in [0.25, 0.3) is 6.08 Å². The molecule has 0 unspecified atom stereocenters. The average Bonchev–Trinajstić information content (AvgIpc) is 3.11. The lowest BCUT2D eigenvalue weighted by atomic mass is 10.2. The van der Waals surface area contributed by atoms with Crippen LogP contribution in [0.2, 0.25) is 0 Å². The molecule has 2 aromatic carbocycles. The number of ether oxygens (including phenoxy) is 4. The fourth-order valence-corrected chi connectivity index (χ4v) is 3.57. The second-order valence-electron chi connectivity index (χ2n) is 6.92. The summed E-state index contributed by atoms with van der Waals surface area (Å²) in [6, 6.07) is 12.4. The van der Waals surface area contributed by atoms with Gasteiger partial charge in [0.25, 0.3) is 5.91 Å². The summed E-state index contributed by atoms with van der Waals surface area (Å²) in [7, 11) is 3.10. The highest BCUT2D eigenvalue weighted by atomic mass is 32.2. The van der Waals surface area contributed by atoms with Crippen molar-refractivity contribution in [1.29, 1.82) is 0 Å². The molecule has 32 heavy (non-hydrogen) atoms. The zero-order valence-corrected chi connectivity index (χ0v) is 19.0. The predicted octanol–water partition coefficient (Wildman–Crippen LogP) is 3.93. The summed E-state index contributed by atoms with van der Waals surface area (Å²) in [5, 5.41) is 3.24. The Kier molecular flexibility index (Phi) is 7.77. The monoisotopic (exact) mass is 456 g/mol. The molecule has 1 amide bonds. The number of amidine groups is 1. The van der Waals surface area contributed by atoms with Gasteiger partial charge in [0.05, 0.1) is 30.9 Å². The minimum Gasteiger partial charge on any atom is -0.497 e. The molecule has 1 aliphatic heterocycles. The number of amides is 1. The minimum atomic E-state index is -0.462. The minimum absolute atomic E-state index is 0.213. The summed E-state index contributed by atoms with van der Waals surface area (Å²) in [6.45, 7) is 3.31. The van der Waals surface area contributed by atoms with E-state index in [1.807, 2.05) is 0 Å². The van der Waals surface area contributed by atoms with Crippen molar-refractivity contribution in [3.05, 3.63) is 52.9 Å². The number of hydrogen-bond donors (Lipinski definition) is 1. The first kappa shape index (κ1) is 23.2. The van der Waals surface area contributed by atoms with E-state index in [-0.39, 0.29) is 18.6 Å². The predicted molar refractivity (Wildman–Crippen MR) is 124 cm³/mol. The third kappa shape index (κ3) is 6.27. The summed E-state index contributed by atoms with van der Waals surface area (Å²) < 4.78 is 21.1. The second-order valence-corrected chi connectivity index (χ2v) is 7.95. The Hall–Kier alpha value is -3.46. The number of nitrogens with zero attached hydrogens (tertiary/aromatic N) is 1. The molecular formula is C23H24N2O6S. The molecule has 0 spiro atoms. The number of benzene rings is 2. The Balaban J connectivity index is 1.70. The molecule has 0 saturated carbocycles. The summed E-state index contributed by atoms with van der Waals surface area (Å²) in [4.78, 5) is 29.0. The SMILES string of the molecule is COc1ccc(N=C2NC(=O)/C(=C\c3ccc(OCC(=O)OC(C)C)c(OC)c3)S2)cc1. The maximum atomic E-state index is 12.4. The summed E-state index contributed by atoms with van der Waals surface area (Å²) >= 11 is 1.24. The largest absolute Gasteiger partial charge is 0.497 e. The fraction of sp³-hybridized carbons (Fsp3) is 0.261. The number of aliphatic imine (C=N–C) groups is 1. The standard InChI is InChI=1S/C23H24N2O6S/c1-14(2)31-21(26)13-30-18-10-5-15(11-19(18)29-4)12-20-22(27)25-23(32-20)24-16-6-8-17(28-3)9-7-16/h5-12,14H,13H2,1-4H3,(H,24,25,27)/b20-12+. The highest BCUT2D eigenvalue weighted by Gasteiger charge is 2.24. The van der Waals surface area contributed by atoms with Gasteiger partial charge in [0.1, 0.15) is 5.75 Å². The molecule has 9 heteroatoms. The van der Waals surface area contributed by atoms with Crippen LogP contribution < -0.4 is 19.5 Å². The number of carbonyl (C=O) groups is 2. The molecule has 2 aromatic rings. The van der Waals surface area contributed by atoms with Crippen LogP contribution in [0.3, 0.4) is 0 Å². The average molecular weight is 457 g/mol. The second kappa shape index (κ2) is 10.7. The molecule has 1 heterocycles. The number of rotatable bonds is 8. The molecule has 3 rings (SSSR count). The molecule has 0 atom stereocenters. The van der Waals surface area contributed by atoms with Crippen LogP contribution in [-0.4, -0.2) is 44.0 Å². The van der Waals surface area contributed by atoms with Gasteiger partial charge in [0.15, 0.2) is 23.3 Å². The van der Waals surface area contributed by atoms with Gasteiger partial charge < -0.3 is 24.3 Å². The van der Waals surface area contributed by atoms with Crippen molar-refractivity contribution < 1.29 is 28.5 Å². The quantitative estimate of drug-likeness (QED) is 0.475. The molecule has 0 bridgehead atoms. The summed E-state index contributed by atoms with van der Waals surface area (Å²) in [6.07, 6.45) is 1.52. The van der Waals surface area contributed by atoms with Crippen molar-refractivity contribution in [3.8, 4) is 17.2 Å². The molecule has 8 nitrogen and oxygen atoms in total. The first-order chi connectivity index (χ1) is 15.4. The van der Waals surface area contributed by atoms with Crippen molar-refractivity contribution >= 4 is 40.6 Å². The van der Waals surface area contributed by atoms with Crippen molar-refractivity contribution in [3.63, 3.8) is 0 Å². The first-order valence-electron chi connectivity index (χ1n) is 9.82. The van der Waals surface area contributed by atoms with Crippen LogP contribution in [-0.2, 0) is 14.3 Å². The van der Waals surface area contributed by atoms with Crippen LogP contribution in [0.5, 0.6) is 17.2 Å². The lowest BCUT2D eigenvalue weighted by Gasteiger charge is -2.12. The van der Waals surface area contributed by atoms with Crippen molar-refractivity contribution in [2.24, 2.45) is 4.99 Å². The number of methoxy groups -OCH3 is 2. The summed E-state index contributed by atoms with van der Waals surface area (Å²) in [5.74, 6) is 0.873. The Morgan fingerprint density at radius 1 is 1.09 bits per heavy atom. The van der Waals surface area contributed by atoms with E-state index in [2.05, 4.69) is 10.3 Å². The lowest BCUT2D eigenvalue weighted by molar-refractivity contribution is -0.149. The van der Waals surface area contributed by atoms with Gasteiger partial charge >= 0.3 is 5.97 Å². The molecule has 1 saturated heterocycles. The van der Waals surface area contributed by atoms with Gasteiger partial charge in [-0.15, -0.1) is 0 Å². The Bertz CT molecular complexity index is 1050. The maximum absolute atomic E-state index is 12.4. The molecule has 1 N–H and O–H groups in total. The van der Waals surface area contributed by atoms with Crippen LogP contribution >= 0.6 is 11.8 Å². The van der Waals surface area contributed by atoms with Gasteiger partial charge in [-0.3, -0.25) is 4.79 Å².